The van der Waals surface area contributed by atoms with Crippen LogP contribution in [0, 0.1) is 5.92 Å². The highest BCUT2D eigenvalue weighted by atomic mass is 32.1. The van der Waals surface area contributed by atoms with Gasteiger partial charge in [0.05, 0.1) is 26.2 Å². The van der Waals surface area contributed by atoms with Gasteiger partial charge in [-0.2, -0.15) is 0 Å². The van der Waals surface area contributed by atoms with Crippen LogP contribution in [0.3, 0.4) is 0 Å². The molecule has 0 aliphatic heterocycles. The molecule has 3 rings (SSSR count). The number of benzene rings is 1. The van der Waals surface area contributed by atoms with Gasteiger partial charge < -0.3 is 20.5 Å². The molecule has 0 saturated heterocycles. The van der Waals surface area contributed by atoms with E-state index in [-0.39, 0.29) is 12.3 Å². The molecule has 3 N–H and O–H groups in total. The first-order chi connectivity index (χ1) is 12.9. The van der Waals surface area contributed by atoms with Crippen LogP contribution in [0.5, 0.6) is 11.5 Å². The summed E-state index contributed by atoms with van der Waals surface area (Å²) in [6, 6.07) is 5.35. The first kappa shape index (κ1) is 19.2. The van der Waals surface area contributed by atoms with Crippen LogP contribution >= 0.6 is 11.3 Å². The lowest BCUT2D eigenvalue weighted by molar-refractivity contribution is -0.115. The van der Waals surface area contributed by atoms with E-state index in [9.17, 15) is 9.59 Å². The molecule has 1 aromatic carbocycles. The van der Waals surface area contributed by atoms with Gasteiger partial charge in [-0.1, -0.05) is 13.0 Å². The lowest BCUT2D eigenvalue weighted by Gasteiger charge is -2.18. The number of nitrogens with one attached hydrogen (secondary N) is 1. The first-order valence-electron chi connectivity index (χ1n) is 8.88. The van der Waals surface area contributed by atoms with Crippen LogP contribution in [0.1, 0.15) is 39.7 Å². The number of hydrogen-bond donors (Lipinski definition) is 2. The summed E-state index contributed by atoms with van der Waals surface area (Å²) in [6.07, 6.45) is 2.95. The van der Waals surface area contributed by atoms with Gasteiger partial charge in [0.15, 0.2) is 11.5 Å². The Morgan fingerprint density at radius 1 is 1.26 bits per heavy atom. The second kappa shape index (κ2) is 8.00. The highest BCUT2D eigenvalue weighted by molar-refractivity contribution is 7.17. The van der Waals surface area contributed by atoms with Crippen molar-refractivity contribution in [1.29, 1.82) is 0 Å². The number of ether oxygens (including phenoxy) is 2. The van der Waals surface area contributed by atoms with E-state index in [1.54, 1.807) is 26.4 Å². The predicted molar refractivity (Wildman–Crippen MR) is 106 cm³/mol. The number of thiophene rings is 1. The number of nitrogens with two attached hydrogens (primary N) is 1. The zero-order valence-corrected chi connectivity index (χ0v) is 16.6. The zero-order chi connectivity index (χ0) is 19.6. The van der Waals surface area contributed by atoms with Crippen molar-refractivity contribution in [3.8, 4) is 11.5 Å². The van der Waals surface area contributed by atoms with Gasteiger partial charge in [-0.05, 0) is 48.4 Å². The van der Waals surface area contributed by atoms with Gasteiger partial charge in [0.2, 0.25) is 5.91 Å². The van der Waals surface area contributed by atoms with Crippen LogP contribution in [0.25, 0.3) is 0 Å². The Hall–Kier alpha value is -2.54. The lowest BCUT2D eigenvalue weighted by Crippen LogP contribution is -2.20. The number of amides is 2. The van der Waals surface area contributed by atoms with E-state index in [4.69, 9.17) is 15.2 Å². The Labute approximate surface area is 162 Å². The number of rotatable bonds is 6. The lowest BCUT2D eigenvalue weighted by atomic mass is 9.88. The normalized spacial score (nSPS) is 15.7. The van der Waals surface area contributed by atoms with Gasteiger partial charge in [0.1, 0.15) is 5.00 Å². The summed E-state index contributed by atoms with van der Waals surface area (Å²) in [5.41, 5.74) is 7.88. The summed E-state index contributed by atoms with van der Waals surface area (Å²) in [5.74, 6) is 1.07. The van der Waals surface area contributed by atoms with E-state index in [2.05, 4.69) is 12.2 Å². The zero-order valence-electron chi connectivity index (χ0n) is 15.8. The second-order valence-electron chi connectivity index (χ2n) is 6.83. The van der Waals surface area contributed by atoms with Gasteiger partial charge in [-0.15, -0.1) is 11.3 Å². The fourth-order valence-electron chi connectivity index (χ4n) is 3.45. The van der Waals surface area contributed by atoms with Crippen molar-refractivity contribution >= 4 is 28.2 Å². The summed E-state index contributed by atoms with van der Waals surface area (Å²) < 4.78 is 10.5. The number of hydrogen-bond acceptors (Lipinski definition) is 5. The molecule has 0 fully saturated rings. The van der Waals surface area contributed by atoms with E-state index in [1.807, 2.05) is 6.07 Å². The van der Waals surface area contributed by atoms with Crippen molar-refractivity contribution in [3.63, 3.8) is 0 Å². The topological polar surface area (TPSA) is 90.6 Å². The number of fused-ring (bicyclic) bond motifs is 1. The molecule has 1 atom stereocenters. The van der Waals surface area contributed by atoms with Gasteiger partial charge in [-0.3, -0.25) is 9.59 Å². The fourth-order valence-corrected chi connectivity index (χ4v) is 4.88. The summed E-state index contributed by atoms with van der Waals surface area (Å²) >= 11 is 1.47. The average Bonchev–Trinajstić information content (AvgIpc) is 2.98. The minimum Gasteiger partial charge on any atom is -0.493 e. The number of carbonyl (C=O) groups excluding carboxylic acids is 2. The molecule has 7 heteroatoms. The van der Waals surface area contributed by atoms with Crippen molar-refractivity contribution in [1.82, 2.24) is 0 Å². The first-order valence-corrected chi connectivity index (χ1v) is 9.69. The maximum absolute atomic E-state index is 12.6. The molecule has 6 nitrogen and oxygen atoms in total. The molecule has 1 aliphatic rings. The van der Waals surface area contributed by atoms with E-state index in [0.29, 0.717) is 28.0 Å². The molecular formula is C20H24N2O4S. The molecule has 2 aromatic rings. The van der Waals surface area contributed by atoms with E-state index in [0.717, 1.165) is 35.3 Å². The summed E-state index contributed by atoms with van der Waals surface area (Å²) in [6.45, 7) is 2.20. The highest BCUT2D eigenvalue weighted by Crippen LogP contribution is 2.39. The molecule has 144 valence electrons. The van der Waals surface area contributed by atoms with Crippen LogP contribution in [-0.4, -0.2) is 26.0 Å². The van der Waals surface area contributed by atoms with E-state index < -0.39 is 5.91 Å². The van der Waals surface area contributed by atoms with Gasteiger partial charge in [-0.25, -0.2) is 0 Å². The summed E-state index contributed by atoms with van der Waals surface area (Å²) in [7, 11) is 3.12. The van der Waals surface area contributed by atoms with Gasteiger partial charge >= 0.3 is 0 Å². The van der Waals surface area contributed by atoms with Crippen LogP contribution in [-0.2, 0) is 24.1 Å². The molecule has 27 heavy (non-hydrogen) atoms. The van der Waals surface area contributed by atoms with Crippen LogP contribution in [0.2, 0.25) is 0 Å². The molecule has 1 aromatic heterocycles. The second-order valence-corrected chi connectivity index (χ2v) is 7.94. The largest absolute Gasteiger partial charge is 0.493 e. The minimum absolute atomic E-state index is 0.164. The summed E-state index contributed by atoms with van der Waals surface area (Å²) in [5, 5.41) is 3.45. The highest BCUT2D eigenvalue weighted by Gasteiger charge is 2.27. The number of primary amides is 1. The fraction of sp³-hybridized carbons (Fsp3) is 0.400. The van der Waals surface area contributed by atoms with Crippen LogP contribution in [0.15, 0.2) is 18.2 Å². The third-order valence-electron chi connectivity index (χ3n) is 4.82. The van der Waals surface area contributed by atoms with Gasteiger partial charge in [0.25, 0.3) is 5.91 Å². The molecule has 0 spiro atoms. The summed E-state index contributed by atoms with van der Waals surface area (Å²) in [4.78, 5) is 25.7. The third-order valence-corrected chi connectivity index (χ3v) is 5.99. The predicted octanol–water partition coefficient (Wildman–Crippen LogP) is 3.17. The average molecular weight is 388 g/mol. The molecule has 0 saturated carbocycles. The third kappa shape index (κ3) is 4.08. The molecule has 0 unspecified atom stereocenters. The number of methoxy groups -OCH3 is 2. The molecule has 2 amide bonds. The van der Waals surface area contributed by atoms with Crippen molar-refractivity contribution < 1.29 is 19.1 Å². The Kier molecular flexibility index (Phi) is 5.70. The van der Waals surface area contributed by atoms with Crippen molar-refractivity contribution in [2.75, 3.05) is 19.5 Å². The number of carbonyl (C=O) groups is 2. The molecule has 1 aliphatic carbocycles. The Balaban J connectivity index is 1.79. The standard InChI is InChI=1S/C20H24N2O4S/c1-11-4-6-13-16(8-11)27-20(18(13)19(21)24)22-17(23)10-12-5-7-14(25-2)15(9-12)26-3/h5,7,9,11H,4,6,8,10H2,1-3H3,(H2,21,24)(H,22,23)/t11-/m1/s1. The Morgan fingerprint density at radius 2 is 2.00 bits per heavy atom. The quantitative estimate of drug-likeness (QED) is 0.795. The number of anilines is 1. The molecule has 0 bridgehead atoms. The van der Waals surface area contributed by atoms with Crippen molar-refractivity contribution in [2.24, 2.45) is 11.7 Å². The Morgan fingerprint density at radius 3 is 2.67 bits per heavy atom. The molecule has 1 heterocycles. The maximum atomic E-state index is 12.6. The SMILES string of the molecule is COc1ccc(CC(=O)Nc2sc3c(c2C(N)=O)CC[C@@H](C)C3)cc1OC. The van der Waals surface area contributed by atoms with Crippen molar-refractivity contribution in [3.05, 3.63) is 39.8 Å². The molecule has 0 radical (unpaired) electrons. The monoisotopic (exact) mass is 388 g/mol. The minimum atomic E-state index is -0.483. The molecular weight excluding hydrogens is 364 g/mol. The van der Waals surface area contributed by atoms with Crippen LogP contribution < -0.4 is 20.5 Å². The Bertz CT molecular complexity index is 875. The van der Waals surface area contributed by atoms with E-state index >= 15 is 0 Å². The maximum Gasteiger partial charge on any atom is 0.251 e. The van der Waals surface area contributed by atoms with E-state index in [1.165, 1.54) is 11.3 Å². The van der Waals surface area contributed by atoms with Crippen molar-refractivity contribution in [2.45, 2.75) is 32.6 Å². The van der Waals surface area contributed by atoms with Crippen LogP contribution in [0.4, 0.5) is 5.00 Å². The smallest absolute Gasteiger partial charge is 0.251 e. The van der Waals surface area contributed by atoms with Gasteiger partial charge in [0, 0.05) is 4.88 Å².